The molecule has 0 aromatic carbocycles. The van der Waals surface area contributed by atoms with Gasteiger partial charge in [-0.25, -0.2) is 4.98 Å². The van der Waals surface area contributed by atoms with Gasteiger partial charge in [0.1, 0.15) is 5.82 Å². The topological polar surface area (TPSA) is 63.9 Å². The molecule has 0 bridgehead atoms. The van der Waals surface area contributed by atoms with E-state index < -0.39 is 0 Å². The molecule has 3 rings (SSSR count). The van der Waals surface area contributed by atoms with Gasteiger partial charge in [-0.1, -0.05) is 0 Å². The number of nitrogens with zero attached hydrogens (tertiary/aromatic N) is 1. The summed E-state index contributed by atoms with van der Waals surface area (Å²) in [7, 11) is 0. The van der Waals surface area contributed by atoms with Crippen LogP contribution < -0.4 is 5.73 Å². The maximum absolute atomic E-state index is 6.26. The monoisotopic (exact) mass is 221 g/mol. The van der Waals surface area contributed by atoms with Crippen LogP contribution in [0.3, 0.4) is 0 Å². The summed E-state index contributed by atoms with van der Waals surface area (Å²) in [4.78, 5) is 7.38. The average molecular weight is 221 g/mol. The van der Waals surface area contributed by atoms with Gasteiger partial charge < -0.3 is 15.5 Å². The summed E-state index contributed by atoms with van der Waals surface area (Å²) in [5, 5.41) is 0. The molecule has 1 aliphatic heterocycles. The van der Waals surface area contributed by atoms with Gasteiger partial charge in [-0.05, 0) is 38.0 Å². The molecule has 16 heavy (non-hydrogen) atoms. The van der Waals surface area contributed by atoms with Crippen molar-refractivity contribution in [3.8, 4) is 0 Å². The Balaban J connectivity index is 1.70. The number of ether oxygens (including phenoxy) is 1. The molecule has 0 amide bonds. The first-order valence-electron chi connectivity index (χ1n) is 6.18. The summed E-state index contributed by atoms with van der Waals surface area (Å²) in [6.45, 7) is 0.860. The molecule has 2 unspecified atom stereocenters. The second kappa shape index (κ2) is 3.86. The van der Waals surface area contributed by atoms with Gasteiger partial charge in [-0.3, -0.25) is 0 Å². The fourth-order valence-electron chi connectivity index (χ4n) is 2.97. The van der Waals surface area contributed by atoms with E-state index in [2.05, 4.69) is 9.97 Å². The lowest BCUT2D eigenvalue weighted by molar-refractivity contribution is -0.146. The van der Waals surface area contributed by atoms with Gasteiger partial charge in [0, 0.05) is 19.0 Å². The summed E-state index contributed by atoms with van der Waals surface area (Å²) >= 11 is 0. The molecule has 1 aliphatic carbocycles. The zero-order valence-corrected chi connectivity index (χ0v) is 9.48. The largest absolute Gasteiger partial charge is 0.375 e. The molecule has 4 nitrogen and oxygen atoms in total. The highest BCUT2D eigenvalue weighted by molar-refractivity contribution is 5.02. The normalized spacial score (nSPS) is 29.9. The Hall–Kier alpha value is -0.870. The predicted octanol–water partition coefficient (Wildman–Crippen LogP) is 1.76. The van der Waals surface area contributed by atoms with Crippen molar-refractivity contribution in [1.82, 2.24) is 9.97 Å². The van der Waals surface area contributed by atoms with Crippen LogP contribution in [0.4, 0.5) is 0 Å². The third kappa shape index (κ3) is 1.66. The van der Waals surface area contributed by atoms with E-state index in [1.807, 2.05) is 6.20 Å². The Labute approximate surface area is 95.6 Å². The van der Waals surface area contributed by atoms with Crippen LogP contribution in [-0.4, -0.2) is 22.2 Å². The SMILES string of the molecule is NC(c1ncc[nH]1)C1CCOC2(CCC2)C1. The van der Waals surface area contributed by atoms with E-state index in [1.165, 1.54) is 19.3 Å². The Bertz CT molecular complexity index is 345. The molecule has 1 spiro atoms. The highest BCUT2D eigenvalue weighted by Gasteiger charge is 2.44. The van der Waals surface area contributed by atoms with E-state index in [1.54, 1.807) is 6.20 Å². The number of aromatic amines is 1. The molecule has 2 aliphatic rings. The van der Waals surface area contributed by atoms with E-state index in [-0.39, 0.29) is 11.6 Å². The summed E-state index contributed by atoms with van der Waals surface area (Å²) in [6, 6.07) is 0.0383. The first-order valence-corrected chi connectivity index (χ1v) is 6.18. The zero-order chi connectivity index (χ0) is 11.0. The number of nitrogens with two attached hydrogens (primary N) is 1. The van der Waals surface area contributed by atoms with Crippen molar-refractivity contribution in [3.63, 3.8) is 0 Å². The van der Waals surface area contributed by atoms with Crippen LogP contribution in [0.25, 0.3) is 0 Å². The molecule has 2 heterocycles. The predicted molar refractivity (Wildman–Crippen MR) is 60.8 cm³/mol. The lowest BCUT2D eigenvalue weighted by atomic mass is 9.70. The number of nitrogens with one attached hydrogen (secondary N) is 1. The van der Waals surface area contributed by atoms with Gasteiger partial charge in [0.25, 0.3) is 0 Å². The highest BCUT2D eigenvalue weighted by Crippen LogP contribution is 2.46. The lowest BCUT2D eigenvalue weighted by Gasteiger charge is -2.48. The van der Waals surface area contributed by atoms with Gasteiger partial charge in [0.05, 0.1) is 11.6 Å². The second-order valence-electron chi connectivity index (χ2n) is 5.14. The van der Waals surface area contributed by atoms with E-state index in [9.17, 15) is 0 Å². The molecule has 3 N–H and O–H groups in total. The van der Waals surface area contributed by atoms with Crippen LogP contribution in [0.5, 0.6) is 0 Å². The van der Waals surface area contributed by atoms with Crippen molar-refractivity contribution in [2.75, 3.05) is 6.61 Å². The van der Waals surface area contributed by atoms with Crippen molar-refractivity contribution in [2.45, 2.75) is 43.7 Å². The van der Waals surface area contributed by atoms with Crippen molar-refractivity contribution in [3.05, 3.63) is 18.2 Å². The quantitative estimate of drug-likeness (QED) is 0.799. The fourth-order valence-corrected chi connectivity index (χ4v) is 2.97. The number of imidazole rings is 1. The number of aromatic nitrogens is 2. The summed E-state index contributed by atoms with van der Waals surface area (Å²) in [6.07, 6.45) is 9.52. The van der Waals surface area contributed by atoms with Gasteiger partial charge in [0.2, 0.25) is 0 Å². The van der Waals surface area contributed by atoms with Crippen molar-refractivity contribution in [2.24, 2.45) is 11.7 Å². The summed E-state index contributed by atoms with van der Waals surface area (Å²) in [5.41, 5.74) is 6.44. The van der Waals surface area contributed by atoms with E-state index in [4.69, 9.17) is 10.5 Å². The maximum atomic E-state index is 6.26. The molecular weight excluding hydrogens is 202 g/mol. The van der Waals surface area contributed by atoms with Crippen molar-refractivity contribution in [1.29, 1.82) is 0 Å². The molecule has 2 atom stereocenters. The number of rotatable bonds is 2. The Morgan fingerprint density at radius 2 is 2.44 bits per heavy atom. The van der Waals surface area contributed by atoms with Gasteiger partial charge in [-0.2, -0.15) is 0 Å². The zero-order valence-electron chi connectivity index (χ0n) is 9.48. The minimum atomic E-state index is 0.0383. The molecule has 1 saturated carbocycles. The molecule has 88 valence electrons. The van der Waals surface area contributed by atoms with E-state index >= 15 is 0 Å². The molecular formula is C12H19N3O. The number of H-pyrrole nitrogens is 1. The number of hydrogen-bond donors (Lipinski definition) is 2. The van der Waals surface area contributed by atoms with Crippen LogP contribution in [0.1, 0.15) is 44.0 Å². The first kappa shape index (κ1) is 10.3. The summed E-state index contributed by atoms with van der Waals surface area (Å²) in [5.74, 6) is 1.43. The third-order valence-electron chi connectivity index (χ3n) is 4.14. The first-order chi connectivity index (χ1) is 7.79. The highest BCUT2D eigenvalue weighted by atomic mass is 16.5. The minimum absolute atomic E-state index is 0.0383. The Morgan fingerprint density at radius 3 is 3.06 bits per heavy atom. The van der Waals surface area contributed by atoms with E-state index in [0.29, 0.717) is 5.92 Å². The van der Waals surface area contributed by atoms with Crippen LogP contribution in [0.2, 0.25) is 0 Å². The Kier molecular flexibility index (Phi) is 2.48. The number of hydrogen-bond acceptors (Lipinski definition) is 3. The molecule has 2 fully saturated rings. The standard InChI is InChI=1S/C12H19N3O/c13-10(11-14-5-6-15-11)9-2-7-16-12(8-9)3-1-4-12/h5-6,9-10H,1-4,7-8,13H2,(H,14,15). The van der Waals surface area contributed by atoms with Crippen molar-refractivity contribution < 1.29 is 4.74 Å². The Morgan fingerprint density at radius 1 is 1.56 bits per heavy atom. The van der Waals surface area contributed by atoms with Crippen LogP contribution in [0.15, 0.2) is 12.4 Å². The van der Waals surface area contributed by atoms with Gasteiger partial charge in [0.15, 0.2) is 0 Å². The maximum Gasteiger partial charge on any atom is 0.123 e. The summed E-state index contributed by atoms with van der Waals surface area (Å²) < 4.78 is 5.91. The van der Waals surface area contributed by atoms with Crippen LogP contribution in [0, 0.1) is 5.92 Å². The van der Waals surface area contributed by atoms with Gasteiger partial charge >= 0.3 is 0 Å². The molecule has 1 aromatic heterocycles. The van der Waals surface area contributed by atoms with Crippen LogP contribution in [-0.2, 0) is 4.74 Å². The van der Waals surface area contributed by atoms with Crippen molar-refractivity contribution >= 4 is 0 Å². The van der Waals surface area contributed by atoms with Crippen LogP contribution >= 0.6 is 0 Å². The minimum Gasteiger partial charge on any atom is -0.375 e. The average Bonchev–Trinajstić information content (AvgIpc) is 2.79. The molecule has 1 saturated heterocycles. The molecule has 4 heteroatoms. The fraction of sp³-hybridized carbons (Fsp3) is 0.750. The molecule has 1 aromatic rings. The second-order valence-corrected chi connectivity index (χ2v) is 5.14. The smallest absolute Gasteiger partial charge is 0.123 e. The van der Waals surface area contributed by atoms with Gasteiger partial charge in [-0.15, -0.1) is 0 Å². The van der Waals surface area contributed by atoms with E-state index in [0.717, 1.165) is 25.3 Å². The molecule has 0 radical (unpaired) electrons. The third-order valence-corrected chi connectivity index (χ3v) is 4.14. The lowest BCUT2D eigenvalue weighted by Crippen LogP contribution is -2.47.